The van der Waals surface area contributed by atoms with E-state index in [4.69, 9.17) is 23.2 Å². The van der Waals surface area contributed by atoms with Crippen molar-refractivity contribution in [2.24, 2.45) is 0 Å². The number of anilines is 1. The number of nitrogens with one attached hydrogen (secondary N) is 2. The van der Waals surface area contributed by atoms with Gasteiger partial charge in [0.2, 0.25) is 0 Å². The third-order valence-corrected chi connectivity index (χ3v) is 5.21. The van der Waals surface area contributed by atoms with Gasteiger partial charge in [-0.15, -0.1) is 11.3 Å². The number of benzene rings is 1. The molecule has 152 valence electrons. The van der Waals surface area contributed by atoms with E-state index in [-0.39, 0.29) is 30.1 Å². The molecule has 0 aliphatic heterocycles. The van der Waals surface area contributed by atoms with Crippen LogP contribution in [0.1, 0.15) is 50.1 Å². The molecule has 0 spiro atoms. The summed E-state index contributed by atoms with van der Waals surface area (Å²) in [5, 5.41) is 8.86. The molecule has 2 aromatic rings. The minimum absolute atomic E-state index is 0.0708. The average molecular weight is 443 g/mol. The molecule has 28 heavy (non-hydrogen) atoms. The molecule has 0 saturated carbocycles. The van der Waals surface area contributed by atoms with Crippen molar-refractivity contribution in [1.82, 2.24) is 15.2 Å². The van der Waals surface area contributed by atoms with Gasteiger partial charge in [-0.05, 0) is 52.8 Å². The van der Waals surface area contributed by atoms with Gasteiger partial charge in [0.15, 0.2) is 0 Å². The van der Waals surface area contributed by atoms with Crippen LogP contribution in [0.2, 0.25) is 10.0 Å². The normalized spacial score (nSPS) is 11.4. The molecule has 9 heteroatoms. The summed E-state index contributed by atoms with van der Waals surface area (Å²) >= 11 is 13.3. The lowest BCUT2D eigenvalue weighted by molar-refractivity contribution is 0.0915. The van der Waals surface area contributed by atoms with E-state index in [9.17, 15) is 9.59 Å². The van der Waals surface area contributed by atoms with E-state index in [1.807, 2.05) is 34.6 Å². The second-order valence-electron chi connectivity index (χ2n) is 7.61. The van der Waals surface area contributed by atoms with Gasteiger partial charge in [0, 0.05) is 22.6 Å². The van der Waals surface area contributed by atoms with E-state index in [0.29, 0.717) is 26.4 Å². The van der Waals surface area contributed by atoms with Crippen LogP contribution in [0, 0.1) is 0 Å². The molecule has 6 nitrogen and oxygen atoms in total. The van der Waals surface area contributed by atoms with Gasteiger partial charge in [-0.25, -0.2) is 9.78 Å². The van der Waals surface area contributed by atoms with E-state index < -0.39 is 0 Å². The first-order valence-corrected chi connectivity index (χ1v) is 10.4. The van der Waals surface area contributed by atoms with Crippen molar-refractivity contribution < 1.29 is 9.59 Å². The lowest BCUT2D eigenvalue weighted by Crippen LogP contribution is -2.41. The number of hydrogen-bond donors (Lipinski definition) is 2. The van der Waals surface area contributed by atoms with Crippen LogP contribution in [0.5, 0.6) is 0 Å². The van der Waals surface area contributed by atoms with Crippen molar-refractivity contribution in [2.75, 3.05) is 5.32 Å². The topological polar surface area (TPSA) is 74.3 Å². The van der Waals surface area contributed by atoms with E-state index in [1.54, 1.807) is 28.5 Å². The Kier molecular flexibility index (Phi) is 7.31. The summed E-state index contributed by atoms with van der Waals surface area (Å²) < 4.78 is 0. The number of halogens is 2. The molecule has 0 aliphatic rings. The molecule has 0 fully saturated rings. The van der Waals surface area contributed by atoms with Gasteiger partial charge in [0.25, 0.3) is 5.91 Å². The molecule has 1 heterocycles. The molecular weight excluding hydrogens is 419 g/mol. The van der Waals surface area contributed by atoms with Crippen molar-refractivity contribution in [1.29, 1.82) is 0 Å². The summed E-state index contributed by atoms with van der Waals surface area (Å²) in [4.78, 5) is 31.0. The lowest BCUT2D eigenvalue weighted by atomic mass is 10.1. The van der Waals surface area contributed by atoms with E-state index in [0.717, 1.165) is 0 Å². The number of nitrogens with zero attached hydrogens (tertiary/aromatic N) is 2. The van der Waals surface area contributed by atoms with Crippen molar-refractivity contribution in [2.45, 2.75) is 52.7 Å². The first-order valence-electron chi connectivity index (χ1n) is 8.76. The second kappa shape index (κ2) is 9.11. The Bertz CT molecular complexity index is 862. The highest BCUT2D eigenvalue weighted by atomic mass is 35.5. The first kappa shape index (κ1) is 22.5. The maximum atomic E-state index is 12.7. The molecule has 2 rings (SSSR count). The molecule has 0 aliphatic carbocycles. The maximum absolute atomic E-state index is 12.7. The number of thiazole rings is 1. The number of aromatic nitrogens is 1. The van der Waals surface area contributed by atoms with Crippen LogP contribution < -0.4 is 10.6 Å². The van der Waals surface area contributed by atoms with Crippen LogP contribution >= 0.6 is 34.5 Å². The summed E-state index contributed by atoms with van der Waals surface area (Å²) in [5.74, 6) is -0.230. The fourth-order valence-electron chi connectivity index (χ4n) is 2.30. The second-order valence-corrected chi connectivity index (χ2v) is 9.37. The molecule has 3 amide bonds. The summed E-state index contributed by atoms with van der Waals surface area (Å²) in [6.45, 7) is 9.84. The molecule has 0 saturated heterocycles. The average Bonchev–Trinajstić information content (AvgIpc) is 3.03. The van der Waals surface area contributed by atoms with Crippen LogP contribution in [0.4, 0.5) is 10.5 Å². The number of carbonyl (C=O) groups excluding carboxylic acids is 2. The zero-order chi connectivity index (χ0) is 21.1. The van der Waals surface area contributed by atoms with Crippen LogP contribution in [0.15, 0.2) is 23.6 Å². The Morgan fingerprint density at radius 3 is 2.46 bits per heavy atom. The van der Waals surface area contributed by atoms with Crippen LogP contribution in [-0.4, -0.2) is 33.4 Å². The highest BCUT2D eigenvalue weighted by molar-refractivity contribution is 7.09. The summed E-state index contributed by atoms with van der Waals surface area (Å²) in [5.41, 5.74) is 0.558. The monoisotopic (exact) mass is 442 g/mol. The largest absolute Gasteiger partial charge is 0.346 e. The highest BCUT2D eigenvalue weighted by Crippen LogP contribution is 2.25. The minimum Gasteiger partial charge on any atom is -0.346 e. The van der Waals surface area contributed by atoms with Gasteiger partial charge >= 0.3 is 6.03 Å². The maximum Gasteiger partial charge on any atom is 0.322 e. The van der Waals surface area contributed by atoms with E-state index >= 15 is 0 Å². The van der Waals surface area contributed by atoms with Crippen molar-refractivity contribution >= 4 is 52.2 Å². The summed E-state index contributed by atoms with van der Waals surface area (Å²) in [7, 11) is 0. The van der Waals surface area contributed by atoms with Gasteiger partial charge in [0.05, 0.1) is 16.6 Å². The predicted octanol–water partition coefficient (Wildman–Crippen LogP) is 5.42. The van der Waals surface area contributed by atoms with Crippen molar-refractivity contribution in [3.8, 4) is 0 Å². The number of amides is 3. The van der Waals surface area contributed by atoms with Crippen molar-refractivity contribution in [3.05, 3.63) is 44.3 Å². The number of carbonyl (C=O) groups is 2. The molecule has 0 bridgehead atoms. The number of hydrogen-bond acceptors (Lipinski definition) is 4. The van der Waals surface area contributed by atoms with E-state index in [2.05, 4.69) is 15.6 Å². The Balaban J connectivity index is 2.09. The molecule has 1 aromatic carbocycles. The molecule has 1 aromatic heterocycles. The zero-order valence-electron chi connectivity index (χ0n) is 16.5. The third kappa shape index (κ3) is 6.36. The Hall–Kier alpha value is -1.83. The molecule has 0 radical (unpaired) electrons. The lowest BCUT2D eigenvalue weighted by Gasteiger charge is -2.26. The smallest absolute Gasteiger partial charge is 0.322 e. The van der Waals surface area contributed by atoms with Gasteiger partial charge < -0.3 is 15.5 Å². The van der Waals surface area contributed by atoms with Gasteiger partial charge in [-0.2, -0.15) is 0 Å². The predicted molar refractivity (Wildman–Crippen MR) is 115 cm³/mol. The molecule has 0 unspecified atom stereocenters. The highest BCUT2D eigenvalue weighted by Gasteiger charge is 2.22. The quantitative estimate of drug-likeness (QED) is 0.648. The van der Waals surface area contributed by atoms with E-state index in [1.165, 1.54) is 11.3 Å². The number of urea groups is 1. The van der Waals surface area contributed by atoms with Gasteiger partial charge in [-0.1, -0.05) is 23.2 Å². The zero-order valence-corrected chi connectivity index (χ0v) is 18.8. The van der Waals surface area contributed by atoms with Crippen LogP contribution in [0.25, 0.3) is 0 Å². The Morgan fingerprint density at radius 1 is 1.21 bits per heavy atom. The molecule has 2 N–H and O–H groups in total. The minimum atomic E-state index is -0.343. The van der Waals surface area contributed by atoms with Gasteiger partial charge in [0.1, 0.15) is 10.7 Å². The van der Waals surface area contributed by atoms with Crippen LogP contribution in [-0.2, 0) is 6.54 Å². The molecular formula is C19H24Cl2N4O2S. The Labute approximate surface area is 179 Å². The Morgan fingerprint density at radius 2 is 1.89 bits per heavy atom. The first-order chi connectivity index (χ1) is 13.0. The third-order valence-electron chi connectivity index (χ3n) is 3.63. The SMILES string of the molecule is CC(C)N(Cc1nc(C(=O)NC(C)(C)C)cs1)C(=O)Nc1ccc(Cl)c(Cl)c1. The fourth-order valence-corrected chi connectivity index (χ4v) is 3.37. The fraction of sp³-hybridized carbons (Fsp3) is 0.421. The van der Waals surface area contributed by atoms with Crippen molar-refractivity contribution in [3.63, 3.8) is 0 Å². The molecule has 0 atom stereocenters. The van der Waals surface area contributed by atoms with Gasteiger partial charge in [-0.3, -0.25) is 4.79 Å². The number of rotatable bonds is 5. The standard InChI is InChI=1S/C19H24Cl2N4O2S/c1-11(2)25(18(27)22-12-6-7-13(20)14(21)8-12)9-16-23-15(10-28-16)17(26)24-19(3,4)5/h6-8,10-11H,9H2,1-5H3,(H,22,27)(H,24,26). The van der Waals surface area contributed by atoms with Crippen LogP contribution in [0.3, 0.4) is 0 Å². The summed E-state index contributed by atoms with van der Waals surface area (Å²) in [6.07, 6.45) is 0. The summed E-state index contributed by atoms with van der Waals surface area (Å²) in [6, 6.07) is 4.55.